The van der Waals surface area contributed by atoms with Gasteiger partial charge in [0.05, 0.1) is 13.1 Å². The molecular formula is C10H20F3IN4. The summed E-state index contributed by atoms with van der Waals surface area (Å²) < 4.78 is 35.9. The molecule has 0 radical (unpaired) electrons. The fourth-order valence-corrected chi connectivity index (χ4v) is 1.04. The van der Waals surface area contributed by atoms with Crippen LogP contribution in [0.1, 0.15) is 6.92 Å². The SMILES string of the molecule is C=C(C)CN=C(N)NCCN(C)CC(F)(F)F.I. The number of hydrogen-bond donors (Lipinski definition) is 2. The Hall–Kier alpha value is -0.510. The molecule has 0 aromatic carbocycles. The third-order valence-corrected chi connectivity index (χ3v) is 1.77. The van der Waals surface area contributed by atoms with Crippen molar-refractivity contribution in [1.82, 2.24) is 10.2 Å². The van der Waals surface area contributed by atoms with Crippen molar-refractivity contribution in [2.45, 2.75) is 13.1 Å². The van der Waals surface area contributed by atoms with Crippen LogP contribution in [-0.4, -0.2) is 50.3 Å². The second-order valence-corrected chi connectivity index (χ2v) is 3.94. The van der Waals surface area contributed by atoms with Gasteiger partial charge in [0.15, 0.2) is 5.96 Å². The molecule has 18 heavy (non-hydrogen) atoms. The van der Waals surface area contributed by atoms with Gasteiger partial charge in [-0.2, -0.15) is 13.2 Å². The van der Waals surface area contributed by atoms with Gasteiger partial charge in [-0.25, -0.2) is 4.99 Å². The smallest absolute Gasteiger partial charge is 0.370 e. The number of halogens is 4. The molecule has 0 atom stereocenters. The van der Waals surface area contributed by atoms with Gasteiger partial charge in [0.1, 0.15) is 0 Å². The van der Waals surface area contributed by atoms with Gasteiger partial charge in [-0.15, -0.1) is 24.0 Å². The fourth-order valence-electron chi connectivity index (χ4n) is 1.04. The molecule has 0 aliphatic rings. The van der Waals surface area contributed by atoms with Crippen molar-refractivity contribution in [2.24, 2.45) is 10.7 Å². The number of rotatable bonds is 6. The van der Waals surface area contributed by atoms with Gasteiger partial charge in [-0.1, -0.05) is 12.2 Å². The van der Waals surface area contributed by atoms with Crippen molar-refractivity contribution in [3.05, 3.63) is 12.2 Å². The van der Waals surface area contributed by atoms with E-state index in [2.05, 4.69) is 16.9 Å². The molecule has 0 saturated heterocycles. The third kappa shape index (κ3) is 13.6. The van der Waals surface area contributed by atoms with Gasteiger partial charge in [-0.05, 0) is 14.0 Å². The van der Waals surface area contributed by atoms with E-state index in [0.717, 1.165) is 5.57 Å². The van der Waals surface area contributed by atoms with Crippen LogP contribution in [0.4, 0.5) is 13.2 Å². The highest BCUT2D eigenvalue weighted by atomic mass is 127. The number of hydrogen-bond acceptors (Lipinski definition) is 2. The van der Waals surface area contributed by atoms with Crippen LogP contribution in [0.25, 0.3) is 0 Å². The molecule has 0 saturated carbocycles. The second kappa shape index (κ2) is 9.42. The van der Waals surface area contributed by atoms with Crippen LogP contribution in [0.15, 0.2) is 17.1 Å². The highest BCUT2D eigenvalue weighted by molar-refractivity contribution is 14.0. The molecule has 0 bridgehead atoms. The van der Waals surface area contributed by atoms with E-state index in [4.69, 9.17) is 5.73 Å². The molecule has 0 unspecified atom stereocenters. The lowest BCUT2D eigenvalue weighted by Crippen LogP contribution is -2.40. The van der Waals surface area contributed by atoms with Crippen molar-refractivity contribution in [3.8, 4) is 0 Å². The Labute approximate surface area is 123 Å². The lowest BCUT2D eigenvalue weighted by Gasteiger charge is -2.18. The Bertz CT molecular complexity index is 279. The first-order valence-corrected chi connectivity index (χ1v) is 5.14. The van der Waals surface area contributed by atoms with Gasteiger partial charge in [0, 0.05) is 13.1 Å². The summed E-state index contributed by atoms with van der Waals surface area (Å²) in [6, 6.07) is 0. The Morgan fingerprint density at radius 3 is 2.44 bits per heavy atom. The first kappa shape index (κ1) is 19.8. The molecule has 0 fully saturated rings. The molecule has 4 nitrogen and oxygen atoms in total. The summed E-state index contributed by atoms with van der Waals surface area (Å²) in [5.74, 6) is 0.216. The minimum absolute atomic E-state index is 0. The fraction of sp³-hybridized carbons (Fsp3) is 0.700. The van der Waals surface area contributed by atoms with E-state index in [1.54, 1.807) is 0 Å². The number of nitrogens with zero attached hydrogens (tertiary/aromatic N) is 2. The van der Waals surface area contributed by atoms with Crippen LogP contribution < -0.4 is 11.1 Å². The maximum absolute atomic E-state index is 12.0. The van der Waals surface area contributed by atoms with Gasteiger partial charge < -0.3 is 11.1 Å². The number of nitrogens with two attached hydrogens (primary N) is 1. The molecule has 0 aromatic rings. The van der Waals surface area contributed by atoms with Crippen molar-refractivity contribution in [2.75, 3.05) is 33.2 Å². The molecule has 0 heterocycles. The van der Waals surface area contributed by atoms with Gasteiger partial charge in [-0.3, -0.25) is 4.90 Å². The quantitative estimate of drug-likeness (QED) is 0.319. The lowest BCUT2D eigenvalue weighted by molar-refractivity contribution is -0.142. The van der Waals surface area contributed by atoms with Crippen LogP contribution >= 0.6 is 24.0 Å². The molecule has 0 aliphatic carbocycles. The third-order valence-electron chi connectivity index (χ3n) is 1.77. The van der Waals surface area contributed by atoms with Crippen LogP contribution in [-0.2, 0) is 0 Å². The Balaban J connectivity index is 0. The minimum atomic E-state index is -4.17. The van der Waals surface area contributed by atoms with E-state index in [1.165, 1.54) is 11.9 Å². The van der Waals surface area contributed by atoms with Crippen molar-refractivity contribution >= 4 is 29.9 Å². The summed E-state index contributed by atoms with van der Waals surface area (Å²) in [5.41, 5.74) is 6.36. The van der Waals surface area contributed by atoms with Crippen LogP contribution in [0.3, 0.4) is 0 Å². The summed E-state index contributed by atoms with van der Waals surface area (Å²) in [6.07, 6.45) is -4.17. The largest absolute Gasteiger partial charge is 0.401 e. The summed E-state index contributed by atoms with van der Waals surface area (Å²) >= 11 is 0. The predicted octanol–water partition coefficient (Wildman–Crippen LogP) is 1.58. The molecule has 8 heteroatoms. The summed E-state index contributed by atoms with van der Waals surface area (Å²) in [5, 5.41) is 2.73. The molecule has 0 aromatic heterocycles. The highest BCUT2D eigenvalue weighted by Gasteiger charge is 2.28. The number of guanidine groups is 1. The van der Waals surface area contributed by atoms with E-state index in [9.17, 15) is 13.2 Å². The van der Waals surface area contributed by atoms with Gasteiger partial charge in [0.25, 0.3) is 0 Å². The van der Waals surface area contributed by atoms with E-state index in [1.807, 2.05) is 6.92 Å². The molecule has 0 rings (SSSR count). The zero-order chi connectivity index (χ0) is 13.5. The molecule has 0 spiro atoms. The zero-order valence-corrected chi connectivity index (χ0v) is 12.9. The highest BCUT2D eigenvalue weighted by Crippen LogP contribution is 2.14. The monoisotopic (exact) mass is 380 g/mol. The average molecular weight is 380 g/mol. The average Bonchev–Trinajstić information content (AvgIpc) is 2.11. The van der Waals surface area contributed by atoms with E-state index in [0.29, 0.717) is 13.1 Å². The van der Waals surface area contributed by atoms with Gasteiger partial charge >= 0.3 is 6.18 Å². The second-order valence-electron chi connectivity index (χ2n) is 3.94. The number of likely N-dealkylation sites (N-methyl/N-ethyl adjacent to an activating group) is 1. The molecule has 3 N–H and O–H groups in total. The maximum Gasteiger partial charge on any atom is 0.401 e. The zero-order valence-electron chi connectivity index (χ0n) is 10.5. The molecule has 0 amide bonds. The number of aliphatic imine (C=N–C) groups is 1. The van der Waals surface area contributed by atoms with E-state index < -0.39 is 12.7 Å². The first-order chi connectivity index (χ1) is 7.70. The Morgan fingerprint density at radius 2 is 2.00 bits per heavy atom. The normalized spacial score (nSPS) is 12.2. The minimum Gasteiger partial charge on any atom is -0.370 e. The van der Waals surface area contributed by atoms with Gasteiger partial charge in [0.2, 0.25) is 0 Å². The standard InChI is InChI=1S/C10H19F3N4.HI/c1-8(2)6-16-9(14)15-4-5-17(3)7-10(11,12)13;/h1,4-7H2,2-3H3,(H3,14,15,16);1H. The summed E-state index contributed by atoms with van der Waals surface area (Å²) in [6.45, 7) is 5.50. The summed E-state index contributed by atoms with van der Waals surface area (Å²) in [7, 11) is 1.40. The van der Waals surface area contributed by atoms with E-state index in [-0.39, 0.29) is 36.5 Å². The van der Waals surface area contributed by atoms with Crippen molar-refractivity contribution in [1.29, 1.82) is 0 Å². The summed E-state index contributed by atoms with van der Waals surface area (Å²) in [4.78, 5) is 5.10. The predicted molar refractivity (Wildman–Crippen MR) is 78.3 cm³/mol. The van der Waals surface area contributed by atoms with Crippen molar-refractivity contribution in [3.63, 3.8) is 0 Å². The van der Waals surface area contributed by atoms with Crippen molar-refractivity contribution < 1.29 is 13.2 Å². The van der Waals surface area contributed by atoms with Crippen LogP contribution in [0.2, 0.25) is 0 Å². The number of nitrogens with one attached hydrogen (secondary N) is 1. The molecule has 108 valence electrons. The van der Waals surface area contributed by atoms with Crippen LogP contribution in [0, 0.1) is 0 Å². The molecule has 0 aliphatic heterocycles. The number of alkyl halides is 3. The lowest BCUT2D eigenvalue weighted by atomic mass is 10.4. The Kier molecular flexibility index (Phi) is 10.4. The van der Waals surface area contributed by atoms with E-state index >= 15 is 0 Å². The van der Waals surface area contributed by atoms with Crippen LogP contribution in [0.5, 0.6) is 0 Å². The first-order valence-electron chi connectivity index (χ1n) is 5.14. The molecular weight excluding hydrogens is 360 g/mol. The maximum atomic E-state index is 12.0. The Morgan fingerprint density at radius 1 is 1.44 bits per heavy atom. The topological polar surface area (TPSA) is 53.6 Å².